The van der Waals surface area contributed by atoms with E-state index >= 15 is 0 Å². The van der Waals surface area contributed by atoms with Gasteiger partial charge in [0, 0.05) is 11.1 Å². The van der Waals surface area contributed by atoms with E-state index in [-0.39, 0.29) is 11.2 Å². The minimum absolute atomic E-state index is 0.0678. The largest absolute Gasteiger partial charge is 0.457 e. The number of aliphatic hydroxyl groups excluding tert-OH is 1. The number of benzene rings is 2. The van der Waals surface area contributed by atoms with E-state index < -0.39 is 6.10 Å². The van der Waals surface area contributed by atoms with Crippen LogP contribution in [0.15, 0.2) is 42.5 Å². The predicted molar refractivity (Wildman–Crippen MR) is 82.2 cm³/mol. The summed E-state index contributed by atoms with van der Waals surface area (Å²) in [5, 5.41) is 9.79. The van der Waals surface area contributed by atoms with Crippen molar-refractivity contribution in [2.45, 2.75) is 39.2 Å². The van der Waals surface area contributed by atoms with E-state index in [0.717, 1.165) is 11.3 Å². The Balaban J connectivity index is 2.44. The highest BCUT2D eigenvalue weighted by molar-refractivity contribution is 5.44. The lowest BCUT2D eigenvalue weighted by atomic mass is 9.86. The summed E-state index contributed by atoms with van der Waals surface area (Å²) in [6.45, 7) is 7.91. The molecule has 0 fully saturated rings. The third-order valence-electron chi connectivity index (χ3n) is 3.34. The fraction of sp³-hybridized carbons (Fsp3) is 0.333. The second-order valence-electron chi connectivity index (χ2n) is 6.21. The monoisotopic (exact) mass is 288 g/mol. The highest BCUT2D eigenvalue weighted by Crippen LogP contribution is 2.36. The summed E-state index contributed by atoms with van der Waals surface area (Å²) in [7, 11) is 0. The molecule has 2 rings (SSSR count). The lowest BCUT2D eigenvalue weighted by Gasteiger charge is -2.23. The molecule has 1 atom stereocenters. The molecule has 2 nitrogen and oxygen atoms in total. The molecule has 0 aliphatic rings. The van der Waals surface area contributed by atoms with E-state index in [0.29, 0.717) is 11.3 Å². The first-order chi connectivity index (χ1) is 9.79. The number of hydrogen-bond donors (Lipinski definition) is 1. The summed E-state index contributed by atoms with van der Waals surface area (Å²) >= 11 is 0. The van der Waals surface area contributed by atoms with Gasteiger partial charge >= 0.3 is 0 Å². The molecule has 0 radical (unpaired) electrons. The molecule has 0 aliphatic carbocycles. The highest BCUT2D eigenvalue weighted by Gasteiger charge is 2.20. The van der Waals surface area contributed by atoms with Crippen molar-refractivity contribution < 1.29 is 14.2 Å². The van der Waals surface area contributed by atoms with Crippen LogP contribution in [0.25, 0.3) is 0 Å². The van der Waals surface area contributed by atoms with Crippen molar-refractivity contribution in [3.8, 4) is 11.5 Å². The van der Waals surface area contributed by atoms with Gasteiger partial charge in [-0.2, -0.15) is 0 Å². The van der Waals surface area contributed by atoms with E-state index in [4.69, 9.17) is 4.74 Å². The SMILES string of the molecule is C[C@@H](O)c1cc(F)ccc1Oc1ccccc1C(C)(C)C. The molecule has 0 spiro atoms. The maximum atomic E-state index is 13.3. The van der Waals surface area contributed by atoms with Gasteiger partial charge in [-0.25, -0.2) is 4.39 Å². The number of rotatable bonds is 3. The van der Waals surface area contributed by atoms with Gasteiger partial charge in [0.15, 0.2) is 0 Å². The molecular weight excluding hydrogens is 267 g/mol. The van der Waals surface area contributed by atoms with E-state index in [9.17, 15) is 9.50 Å². The zero-order valence-corrected chi connectivity index (χ0v) is 12.9. The van der Waals surface area contributed by atoms with Gasteiger partial charge in [-0.3, -0.25) is 0 Å². The highest BCUT2D eigenvalue weighted by atomic mass is 19.1. The van der Waals surface area contributed by atoms with E-state index in [1.54, 1.807) is 13.0 Å². The first-order valence-corrected chi connectivity index (χ1v) is 7.04. The Labute approximate surface area is 125 Å². The summed E-state index contributed by atoms with van der Waals surface area (Å²) in [6.07, 6.45) is -0.794. The number of aliphatic hydroxyl groups is 1. The summed E-state index contributed by atoms with van der Waals surface area (Å²) in [4.78, 5) is 0. The predicted octanol–water partition coefficient (Wildman–Crippen LogP) is 4.97. The Morgan fingerprint density at radius 2 is 1.71 bits per heavy atom. The van der Waals surface area contributed by atoms with Crippen molar-refractivity contribution >= 4 is 0 Å². The Kier molecular flexibility index (Phi) is 4.33. The zero-order valence-electron chi connectivity index (χ0n) is 12.9. The van der Waals surface area contributed by atoms with Gasteiger partial charge in [0.1, 0.15) is 17.3 Å². The molecule has 0 aliphatic heterocycles. The smallest absolute Gasteiger partial charge is 0.133 e. The minimum Gasteiger partial charge on any atom is -0.457 e. The van der Waals surface area contributed by atoms with Crippen molar-refractivity contribution in [2.75, 3.05) is 0 Å². The normalized spacial score (nSPS) is 13.0. The minimum atomic E-state index is -0.794. The molecule has 0 amide bonds. The van der Waals surface area contributed by atoms with Gasteiger partial charge in [0.05, 0.1) is 6.10 Å². The fourth-order valence-corrected chi connectivity index (χ4v) is 2.23. The molecule has 0 bridgehead atoms. The Hall–Kier alpha value is -1.87. The summed E-state index contributed by atoms with van der Waals surface area (Å²) < 4.78 is 19.3. The average molecular weight is 288 g/mol. The zero-order chi connectivity index (χ0) is 15.6. The number of ether oxygens (including phenoxy) is 1. The van der Waals surface area contributed by atoms with Crippen LogP contribution in [0.5, 0.6) is 11.5 Å². The molecule has 0 saturated carbocycles. The van der Waals surface area contributed by atoms with Gasteiger partial charge in [-0.05, 0) is 36.6 Å². The number of halogens is 1. The van der Waals surface area contributed by atoms with Gasteiger partial charge < -0.3 is 9.84 Å². The van der Waals surface area contributed by atoms with Crippen LogP contribution in [0.2, 0.25) is 0 Å². The molecular formula is C18H21FO2. The van der Waals surface area contributed by atoms with Crippen LogP contribution in [0.1, 0.15) is 44.9 Å². The summed E-state index contributed by atoms with van der Waals surface area (Å²) in [5.74, 6) is 0.809. The molecule has 0 unspecified atom stereocenters. The van der Waals surface area contributed by atoms with Crippen LogP contribution in [0, 0.1) is 5.82 Å². The Morgan fingerprint density at radius 1 is 1.05 bits per heavy atom. The van der Waals surface area contributed by atoms with E-state index in [2.05, 4.69) is 20.8 Å². The van der Waals surface area contributed by atoms with Crippen LogP contribution in [0.4, 0.5) is 4.39 Å². The van der Waals surface area contributed by atoms with Crippen LogP contribution in [0.3, 0.4) is 0 Å². The summed E-state index contributed by atoms with van der Waals surface area (Å²) in [6, 6.07) is 12.0. The average Bonchev–Trinajstić information content (AvgIpc) is 2.40. The molecule has 112 valence electrons. The van der Waals surface area contributed by atoms with E-state index in [1.807, 2.05) is 24.3 Å². The first-order valence-electron chi connectivity index (χ1n) is 7.04. The standard InChI is InChI=1S/C18H21FO2/c1-12(20)14-11-13(19)9-10-16(14)21-17-8-6-5-7-15(17)18(2,3)4/h5-12,20H,1-4H3/t12-/m1/s1. The van der Waals surface area contributed by atoms with Crippen molar-refractivity contribution in [1.29, 1.82) is 0 Å². The van der Waals surface area contributed by atoms with Gasteiger partial charge in [0.25, 0.3) is 0 Å². The molecule has 0 aromatic heterocycles. The van der Waals surface area contributed by atoms with Crippen LogP contribution in [-0.2, 0) is 5.41 Å². The van der Waals surface area contributed by atoms with Crippen LogP contribution < -0.4 is 4.74 Å². The van der Waals surface area contributed by atoms with E-state index in [1.165, 1.54) is 12.1 Å². The quantitative estimate of drug-likeness (QED) is 0.864. The molecule has 21 heavy (non-hydrogen) atoms. The second-order valence-corrected chi connectivity index (χ2v) is 6.21. The van der Waals surface area contributed by atoms with Gasteiger partial charge in [0.2, 0.25) is 0 Å². The number of para-hydroxylation sites is 1. The Morgan fingerprint density at radius 3 is 2.33 bits per heavy atom. The van der Waals surface area contributed by atoms with Crippen LogP contribution in [-0.4, -0.2) is 5.11 Å². The maximum absolute atomic E-state index is 13.3. The van der Waals surface area contributed by atoms with Crippen molar-refractivity contribution in [1.82, 2.24) is 0 Å². The first kappa shape index (κ1) is 15.5. The Bertz CT molecular complexity index is 627. The van der Waals surface area contributed by atoms with Crippen molar-refractivity contribution in [3.63, 3.8) is 0 Å². The fourth-order valence-electron chi connectivity index (χ4n) is 2.23. The molecule has 0 saturated heterocycles. The topological polar surface area (TPSA) is 29.5 Å². The van der Waals surface area contributed by atoms with Gasteiger partial charge in [-0.1, -0.05) is 39.0 Å². The lowest BCUT2D eigenvalue weighted by molar-refractivity contribution is 0.195. The third-order valence-corrected chi connectivity index (χ3v) is 3.34. The molecule has 2 aromatic carbocycles. The van der Waals surface area contributed by atoms with Crippen molar-refractivity contribution in [3.05, 3.63) is 59.4 Å². The van der Waals surface area contributed by atoms with Gasteiger partial charge in [-0.15, -0.1) is 0 Å². The lowest BCUT2D eigenvalue weighted by Crippen LogP contribution is -2.12. The van der Waals surface area contributed by atoms with Crippen molar-refractivity contribution in [2.24, 2.45) is 0 Å². The molecule has 2 aromatic rings. The molecule has 3 heteroatoms. The summed E-state index contributed by atoms with van der Waals surface area (Å²) in [5.41, 5.74) is 1.44. The maximum Gasteiger partial charge on any atom is 0.133 e. The molecule has 0 heterocycles. The third kappa shape index (κ3) is 3.61. The number of hydrogen-bond acceptors (Lipinski definition) is 2. The molecule has 1 N–H and O–H groups in total. The van der Waals surface area contributed by atoms with Crippen LogP contribution >= 0.6 is 0 Å². The second kappa shape index (κ2) is 5.86.